The predicted molar refractivity (Wildman–Crippen MR) is 90.4 cm³/mol. The molecule has 0 spiro atoms. The molecular formula is C18H19NOS. The topological polar surface area (TPSA) is 35.2 Å². The highest BCUT2D eigenvalue weighted by Gasteiger charge is 2.03. The average molecular weight is 297 g/mol. The number of hydrogen-bond acceptors (Lipinski definition) is 3. The monoisotopic (exact) mass is 297 g/mol. The number of hydrogen-bond donors (Lipinski definition) is 1. The van der Waals surface area contributed by atoms with Crippen LogP contribution in [-0.4, -0.2) is 13.7 Å². The van der Waals surface area contributed by atoms with E-state index < -0.39 is 0 Å². The molecule has 2 nitrogen and oxygen atoms in total. The predicted octanol–water partition coefficient (Wildman–Crippen LogP) is 3.44. The summed E-state index contributed by atoms with van der Waals surface area (Å²) in [6.07, 6.45) is 0. The van der Waals surface area contributed by atoms with E-state index >= 15 is 0 Å². The molecule has 0 saturated carbocycles. The van der Waals surface area contributed by atoms with Crippen LogP contribution in [0.15, 0.2) is 48.5 Å². The van der Waals surface area contributed by atoms with E-state index in [1.807, 2.05) is 30.0 Å². The first-order valence-electron chi connectivity index (χ1n) is 6.81. The summed E-state index contributed by atoms with van der Waals surface area (Å²) >= 11 is 1.87. The third-order valence-corrected chi connectivity index (χ3v) is 4.06. The molecule has 0 amide bonds. The standard InChI is InChI=1S/C18H19NOS/c1-20-18-10-9-16(8-5-11-19)17(12-18)14-21-13-15-6-3-2-4-7-15/h2-4,6-7,9-10,12H,11,13-14,19H2,1H3. The first-order chi connectivity index (χ1) is 10.3. The van der Waals surface area contributed by atoms with Crippen LogP contribution >= 0.6 is 11.8 Å². The van der Waals surface area contributed by atoms with Crippen molar-refractivity contribution in [3.8, 4) is 17.6 Å². The molecule has 0 aliphatic carbocycles. The lowest BCUT2D eigenvalue weighted by molar-refractivity contribution is 0.414. The Morgan fingerprint density at radius 1 is 1.10 bits per heavy atom. The Kier molecular flexibility index (Phi) is 6.21. The van der Waals surface area contributed by atoms with Gasteiger partial charge in [-0.1, -0.05) is 42.2 Å². The fraction of sp³-hybridized carbons (Fsp3) is 0.222. The normalized spacial score (nSPS) is 9.81. The van der Waals surface area contributed by atoms with Crippen molar-refractivity contribution in [3.63, 3.8) is 0 Å². The van der Waals surface area contributed by atoms with E-state index in [-0.39, 0.29) is 0 Å². The molecule has 0 fully saturated rings. The van der Waals surface area contributed by atoms with Crippen LogP contribution < -0.4 is 10.5 Å². The SMILES string of the molecule is COc1ccc(C#CCN)c(CSCc2ccccc2)c1. The Morgan fingerprint density at radius 3 is 2.62 bits per heavy atom. The molecule has 2 rings (SSSR count). The Labute approximate surface area is 130 Å². The summed E-state index contributed by atoms with van der Waals surface area (Å²) in [5.74, 6) is 8.80. The summed E-state index contributed by atoms with van der Waals surface area (Å²) in [6.45, 7) is 0.378. The van der Waals surface area contributed by atoms with Crippen molar-refractivity contribution in [1.82, 2.24) is 0 Å². The Morgan fingerprint density at radius 2 is 1.90 bits per heavy atom. The fourth-order valence-corrected chi connectivity index (χ4v) is 2.93. The maximum absolute atomic E-state index is 5.46. The lowest BCUT2D eigenvalue weighted by Crippen LogP contribution is -1.95. The average Bonchev–Trinajstić information content (AvgIpc) is 2.54. The number of rotatable bonds is 5. The van der Waals surface area contributed by atoms with Crippen molar-refractivity contribution in [2.24, 2.45) is 5.73 Å². The molecule has 2 N–H and O–H groups in total. The third kappa shape index (κ3) is 4.86. The lowest BCUT2D eigenvalue weighted by atomic mass is 10.1. The molecular weight excluding hydrogens is 278 g/mol. The molecule has 108 valence electrons. The van der Waals surface area contributed by atoms with Gasteiger partial charge in [-0.25, -0.2) is 0 Å². The Bertz CT molecular complexity index is 629. The smallest absolute Gasteiger partial charge is 0.119 e. The molecule has 0 heterocycles. The molecule has 0 saturated heterocycles. The van der Waals surface area contributed by atoms with Crippen molar-refractivity contribution < 1.29 is 4.74 Å². The molecule has 0 radical (unpaired) electrons. The minimum absolute atomic E-state index is 0.378. The quantitative estimate of drug-likeness (QED) is 0.859. The van der Waals surface area contributed by atoms with E-state index in [2.05, 4.69) is 42.2 Å². The van der Waals surface area contributed by atoms with E-state index in [1.54, 1.807) is 7.11 Å². The van der Waals surface area contributed by atoms with Crippen LogP contribution in [0, 0.1) is 11.8 Å². The van der Waals surface area contributed by atoms with Crippen molar-refractivity contribution >= 4 is 11.8 Å². The van der Waals surface area contributed by atoms with Crippen LogP contribution in [0.4, 0.5) is 0 Å². The van der Waals surface area contributed by atoms with Crippen LogP contribution in [-0.2, 0) is 11.5 Å². The summed E-state index contributed by atoms with van der Waals surface area (Å²) in [6, 6.07) is 16.5. The van der Waals surface area contributed by atoms with Crippen molar-refractivity contribution in [2.75, 3.05) is 13.7 Å². The minimum atomic E-state index is 0.378. The van der Waals surface area contributed by atoms with Gasteiger partial charge >= 0.3 is 0 Å². The van der Waals surface area contributed by atoms with Gasteiger partial charge in [-0.15, -0.1) is 0 Å². The molecule has 0 unspecified atom stereocenters. The van der Waals surface area contributed by atoms with E-state index in [0.717, 1.165) is 22.8 Å². The van der Waals surface area contributed by atoms with Gasteiger partial charge in [-0.3, -0.25) is 0 Å². The van der Waals surface area contributed by atoms with Crippen LogP contribution in [0.25, 0.3) is 0 Å². The highest BCUT2D eigenvalue weighted by molar-refractivity contribution is 7.97. The third-order valence-electron chi connectivity index (χ3n) is 3.01. The second-order valence-electron chi connectivity index (χ2n) is 4.51. The van der Waals surface area contributed by atoms with Gasteiger partial charge in [0.1, 0.15) is 5.75 Å². The van der Waals surface area contributed by atoms with Crippen LogP contribution in [0.5, 0.6) is 5.75 Å². The molecule has 3 heteroatoms. The maximum Gasteiger partial charge on any atom is 0.119 e. The molecule has 0 aromatic heterocycles. The summed E-state index contributed by atoms with van der Waals surface area (Å²) in [7, 11) is 1.68. The summed E-state index contributed by atoms with van der Waals surface area (Å²) in [4.78, 5) is 0. The summed E-state index contributed by atoms with van der Waals surface area (Å²) < 4.78 is 5.30. The van der Waals surface area contributed by atoms with Crippen LogP contribution in [0.3, 0.4) is 0 Å². The van der Waals surface area contributed by atoms with E-state index in [1.165, 1.54) is 11.1 Å². The van der Waals surface area contributed by atoms with Gasteiger partial charge in [0.2, 0.25) is 0 Å². The van der Waals surface area contributed by atoms with Crippen LogP contribution in [0.1, 0.15) is 16.7 Å². The van der Waals surface area contributed by atoms with Gasteiger partial charge in [0.15, 0.2) is 0 Å². The zero-order valence-electron chi connectivity index (χ0n) is 12.1. The minimum Gasteiger partial charge on any atom is -0.497 e. The zero-order valence-corrected chi connectivity index (χ0v) is 13.0. The second-order valence-corrected chi connectivity index (χ2v) is 5.49. The number of ether oxygens (including phenoxy) is 1. The van der Waals surface area contributed by atoms with E-state index in [4.69, 9.17) is 10.5 Å². The number of benzene rings is 2. The first-order valence-corrected chi connectivity index (χ1v) is 7.96. The van der Waals surface area contributed by atoms with Gasteiger partial charge in [-0.05, 0) is 29.3 Å². The number of nitrogens with two attached hydrogens (primary N) is 1. The Hall–Kier alpha value is -1.89. The van der Waals surface area contributed by atoms with Gasteiger partial charge in [0.05, 0.1) is 13.7 Å². The molecule has 0 atom stereocenters. The lowest BCUT2D eigenvalue weighted by Gasteiger charge is -2.08. The molecule has 2 aromatic rings. The van der Waals surface area contributed by atoms with Crippen molar-refractivity contribution in [3.05, 3.63) is 65.2 Å². The van der Waals surface area contributed by atoms with E-state index in [0.29, 0.717) is 6.54 Å². The second kappa shape index (κ2) is 8.41. The number of methoxy groups -OCH3 is 1. The highest BCUT2D eigenvalue weighted by Crippen LogP contribution is 2.23. The summed E-state index contributed by atoms with van der Waals surface area (Å²) in [5.41, 5.74) is 9.01. The zero-order chi connectivity index (χ0) is 14.9. The molecule has 0 aliphatic rings. The molecule has 2 aromatic carbocycles. The number of thioether (sulfide) groups is 1. The Balaban J connectivity index is 2.06. The first kappa shape index (κ1) is 15.5. The van der Waals surface area contributed by atoms with Crippen molar-refractivity contribution in [2.45, 2.75) is 11.5 Å². The van der Waals surface area contributed by atoms with Gasteiger partial charge in [0.25, 0.3) is 0 Å². The van der Waals surface area contributed by atoms with Crippen molar-refractivity contribution in [1.29, 1.82) is 0 Å². The highest BCUT2D eigenvalue weighted by atomic mass is 32.2. The molecule has 21 heavy (non-hydrogen) atoms. The van der Waals surface area contributed by atoms with Gasteiger partial charge in [-0.2, -0.15) is 11.8 Å². The van der Waals surface area contributed by atoms with E-state index in [9.17, 15) is 0 Å². The molecule has 0 aliphatic heterocycles. The largest absolute Gasteiger partial charge is 0.497 e. The van der Waals surface area contributed by atoms with Crippen LogP contribution in [0.2, 0.25) is 0 Å². The maximum atomic E-state index is 5.46. The fourth-order valence-electron chi connectivity index (χ4n) is 1.94. The van der Waals surface area contributed by atoms with Gasteiger partial charge in [0, 0.05) is 17.1 Å². The molecule has 0 bridgehead atoms. The van der Waals surface area contributed by atoms with Gasteiger partial charge < -0.3 is 10.5 Å². The summed E-state index contributed by atoms with van der Waals surface area (Å²) in [5, 5.41) is 0.